The van der Waals surface area contributed by atoms with Crippen LogP contribution in [0, 0.1) is 0 Å². The first-order chi connectivity index (χ1) is 8.20. The van der Waals surface area contributed by atoms with Crippen LogP contribution in [0.5, 0.6) is 0 Å². The van der Waals surface area contributed by atoms with E-state index in [1.807, 2.05) is 6.07 Å². The van der Waals surface area contributed by atoms with Gasteiger partial charge in [0.1, 0.15) is 0 Å². The summed E-state index contributed by atoms with van der Waals surface area (Å²) in [5.74, 6) is 0. The summed E-state index contributed by atoms with van der Waals surface area (Å²) in [5, 5.41) is 10.7. The fraction of sp³-hybridized carbons (Fsp3) is 0.500. The molecule has 2 rings (SSSR count). The Morgan fingerprint density at radius 2 is 2.24 bits per heavy atom. The predicted octanol–water partition coefficient (Wildman–Crippen LogP) is 2.19. The van der Waals surface area contributed by atoms with Crippen molar-refractivity contribution in [3.8, 4) is 0 Å². The highest BCUT2D eigenvalue weighted by molar-refractivity contribution is 6.33. The SMILES string of the molecule is OCC1COCCN1Cc1cc(Cl)ccc1Cl. The smallest absolute Gasteiger partial charge is 0.0644 e. The summed E-state index contributed by atoms with van der Waals surface area (Å²) in [7, 11) is 0. The molecule has 94 valence electrons. The van der Waals surface area contributed by atoms with Gasteiger partial charge in [-0.1, -0.05) is 23.2 Å². The van der Waals surface area contributed by atoms with Crippen LogP contribution in [0.25, 0.3) is 0 Å². The molecule has 1 atom stereocenters. The summed E-state index contributed by atoms with van der Waals surface area (Å²) in [6.45, 7) is 2.84. The molecular weight excluding hydrogens is 261 g/mol. The van der Waals surface area contributed by atoms with Gasteiger partial charge < -0.3 is 9.84 Å². The van der Waals surface area contributed by atoms with E-state index in [-0.39, 0.29) is 12.6 Å². The van der Waals surface area contributed by atoms with E-state index in [4.69, 9.17) is 27.9 Å². The zero-order valence-electron chi connectivity index (χ0n) is 9.40. The van der Waals surface area contributed by atoms with Gasteiger partial charge in [0.05, 0.1) is 25.9 Å². The van der Waals surface area contributed by atoms with Crippen LogP contribution >= 0.6 is 23.2 Å². The number of morpholine rings is 1. The van der Waals surface area contributed by atoms with E-state index in [1.165, 1.54) is 0 Å². The fourth-order valence-corrected chi connectivity index (χ4v) is 2.32. The number of hydrogen-bond acceptors (Lipinski definition) is 3. The first-order valence-electron chi connectivity index (χ1n) is 5.57. The molecule has 3 nitrogen and oxygen atoms in total. The summed E-state index contributed by atoms with van der Waals surface area (Å²) in [4.78, 5) is 2.17. The number of ether oxygens (including phenoxy) is 1. The van der Waals surface area contributed by atoms with E-state index < -0.39 is 0 Å². The number of aliphatic hydroxyl groups is 1. The zero-order valence-corrected chi connectivity index (χ0v) is 10.9. The van der Waals surface area contributed by atoms with Gasteiger partial charge in [-0.3, -0.25) is 4.90 Å². The summed E-state index contributed by atoms with van der Waals surface area (Å²) >= 11 is 12.1. The van der Waals surface area contributed by atoms with Crippen molar-refractivity contribution in [2.24, 2.45) is 0 Å². The maximum absolute atomic E-state index is 9.28. The van der Waals surface area contributed by atoms with E-state index in [2.05, 4.69) is 4.90 Å². The minimum absolute atomic E-state index is 0.0406. The quantitative estimate of drug-likeness (QED) is 0.918. The normalized spacial score (nSPS) is 21.7. The van der Waals surface area contributed by atoms with Gasteiger partial charge in [-0.2, -0.15) is 0 Å². The maximum atomic E-state index is 9.28. The highest BCUT2D eigenvalue weighted by atomic mass is 35.5. The lowest BCUT2D eigenvalue weighted by Gasteiger charge is -2.34. The second-order valence-electron chi connectivity index (χ2n) is 4.12. The van der Waals surface area contributed by atoms with Gasteiger partial charge in [0.2, 0.25) is 0 Å². The topological polar surface area (TPSA) is 32.7 Å². The van der Waals surface area contributed by atoms with Gasteiger partial charge in [-0.25, -0.2) is 0 Å². The number of rotatable bonds is 3. The minimum atomic E-state index is 0.0406. The molecule has 0 amide bonds. The van der Waals surface area contributed by atoms with Gasteiger partial charge in [0, 0.05) is 23.1 Å². The van der Waals surface area contributed by atoms with Crippen LogP contribution in [0.2, 0.25) is 10.0 Å². The van der Waals surface area contributed by atoms with Crippen LogP contribution in [-0.4, -0.2) is 42.4 Å². The van der Waals surface area contributed by atoms with Crippen LogP contribution in [0.4, 0.5) is 0 Å². The van der Waals surface area contributed by atoms with Crippen molar-refractivity contribution in [1.29, 1.82) is 0 Å². The standard InChI is InChI=1S/C12H15Cl2NO2/c13-10-1-2-12(14)9(5-10)6-15-3-4-17-8-11(15)7-16/h1-2,5,11,16H,3-4,6-8H2. The Hall–Kier alpha value is -0.320. The van der Waals surface area contributed by atoms with E-state index in [1.54, 1.807) is 12.1 Å². The van der Waals surface area contributed by atoms with Crippen LogP contribution < -0.4 is 0 Å². The van der Waals surface area contributed by atoms with Crippen LogP contribution in [0.1, 0.15) is 5.56 Å². The molecule has 0 radical (unpaired) electrons. The number of nitrogens with zero attached hydrogens (tertiary/aromatic N) is 1. The molecule has 1 fully saturated rings. The molecular formula is C12H15Cl2NO2. The first-order valence-corrected chi connectivity index (χ1v) is 6.33. The molecule has 1 saturated heterocycles. The summed E-state index contributed by atoms with van der Waals surface area (Å²) in [6, 6.07) is 5.48. The fourth-order valence-electron chi connectivity index (χ4n) is 1.95. The molecule has 1 aliphatic rings. The Bertz CT molecular complexity index is 387. The zero-order chi connectivity index (χ0) is 12.3. The van der Waals surface area contributed by atoms with Crippen molar-refractivity contribution in [1.82, 2.24) is 4.90 Å². The third-order valence-corrected chi connectivity index (χ3v) is 3.55. The molecule has 1 aromatic carbocycles. The molecule has 0 saturated carbocycles. The van der Waals surface area contributed by atoms with Crippen molar-refractivity contribution in [3.05, 3.63) is 33.8 Å². The van der Waals surface area contributed by atoms with Crippen LogP contribution in [-0.2, 0) is 11.3 Å². The number of hydrogen-bond donors (Lipinski definition) is 1. The lowest BCUT2D eigenvalue weighted by atomic mass is 10.1. The minimum Gasteiger partial charge on any atom is -0.395 e. The van der Waals surface area contributed by atoms with Crippen molar-refractivity contribution >= 4 is 23.2 Å². The maximum Gasteiger partial charge on any atom is 0.0644 e. The van der Waals surface area contributed by atoms with E-state index in [9.17, 15) is 5.11 Å². The molecule has 1 unspecified atom stereocenters. The molecule has 1 aliphatic heterocycles. The molecule has 1 aromatic rings. The van der Waals surface area contributed by atoms with Crippen molar-refractivity contribution in [3.63, 3.8) is 0 Å². The summed E-state index contributed by atoms with van der Waals surface area (Å²) in [6.07, 6.45) is 0. The van der Waals surface area contributed by atoms with Crippen molar-refractivity contribution < 1.29 is 9.84 Å². The largest absolute Gasteiger partial charge is 0.395 e. The molecule has 0 spiro atoms. The molecule has 17 heavy (non-hydrogen) atoms. The highest BCUT2D eigenvalue weighted by Gasteiger charge is 2.22. The van der Waals surface area contributed by atoms with Gasteiger partial charge in [0.25, 0.3) is 0 Å². The number of halogens is 2. The molecule has 1 heterocycles. The summed E-state index contributed by atoms with van der Waals surface area (Å²) in [5.41, 5.74) is 0.986. The Labute approximate surface area is 111 Å². The van der Waals surface area contributed by atoms with E-state index in [0.29, 0.717) is 29.8 Å². The highest BCUT2D eigenvalue weighted by Crippen LogP contribution is 2.23. The molecule has 0 bridgehead atoms. The first kappa shape index (κ1) is 13.1. The number of aliphatic hydroxyl groups excluding tert-OH is 1. The Morgan fingerprint density at radius 3 is 3.00 bits per heavy atom. The average molecular weight is 276 g/mol. The summed E-state index contributed by atoms with van der Waals surface area (Å²) < 4.78 is 5.33. The molecule has 5 heteroatoms. The predicted molar refractivity (Wildman–Crippen MR) is 68.6 cm³/mol. The van der Waals surface area contributed by atoms with Crippen LogP contribution in [0.3, 0.4) is 0 Å². The van der Waals surface area contributed by atoms with E-state index in [0.717, 1.165) is 12.1 Å². The van der Waals surface area contributed by atoms with Gasteiger partial charge in [0.15, 0.2) is 0 Å². The Morgan fingerprint density at radius 1 is 1.41 bits per heavy atom. The average Bonchev–Trinajstić information content (AvgIpc) is 2.34. The Balaban J connectivity index is 2.10. The molecule has 1 N–H and O–H groups in total. The van der Waals surface area contributed by atoms with Crippen molar-refractivity contribution in [2.45, 2.75) is 12.6 Å². The number of benzene rings is 1. The third-order valence-electron chi connectivity index (χ3n) is 2.94. The second-order valence-corrected chi connectivity index (χ2v) is 4.96. The molecule has 0 aromatic heterocycles. The van der Waals surface area contributed by atoms with Crippen LogP contribution in [0.15, 0.2) is 18.2 Å². The second kappa shape index (κ2) is 6.03. The lowest BCUT2D eigenvalue weighted by Crippen LogP contribution is -2.46. The third kappa shape index (κ3) is 3.33. The van der Waals surface area contributed by atoms with Gasteiger partial charge >= 0.3 is 0 Å². The van der Waals surface area contributed by atoms with E-state index >= 15 is 0 Å². The monoisotopic (exact) mass is 275 g/mol. The van der Waals surface area contributed by atoms with Crippen molar-refractivity contribution in [2.75, 3.05) is 26.4 Å². The van der Waals surface area contributed by atoms with Gasteiger partial charge in [-0.15, -0.1) is 0 Å². The lowest BCUT2D eigenvalue weighted by molar-refractivity contribution is -0.0312. The Kier molecular flexibility index (Phi) is 4.65. The van der Waals surface area contributed by atoms with Gasteiger partial charge in [-0.05, 0) is 23.8 Å². The molecule has 0 aliphatic carbocycles.